The summed E-state index contributed by atoms with van der Waals surface area (Å²) >= 11 is 0. The van der Waals surface area contributed by atoms with Gasteiger partial charge in [-0.3, -0.25) is 9.59 Å². The summed E-state index contributed by atoms with van der Waals surface area (Å²) in [7, 11) is 0. The van der Waals surface area contributed by atoms with Crippen molar-refractivity contribution in [2.75, 3.05) is 42.9 Å². The maximum Gasteiger partial charge on any atom is 0.241 e. The molecule has 27 heavy (non-hydrogen) atoms. The smallest absolute Gasteiger partial charge is 0.241 e. The number of anilines is 2. The average Bonchev–Trinajstić information content (AvgIpc) is 2.68. The van der Waals surface area contributed by atoms with E-state index in [2.05, 4.69) is 42.3 Å². The van der Waals surface area contributed by atoms with Crippen LogP contribution in [0.5, 0.6) is 0 Å². The maximum absolute atomic E-state index is 12.5. The fourth-order valence-electron chi connectivity index (χ4n) is 3.41. The van der Waals surface area contributed by atoms with Gasteiger partial charge in [-0.25, -0.2) is 0 Å². The normalized spacial score (nSPS) is 14.2. The van der Waals surface area contributed by atoms with E-state index in [9.17, 15) is 9.59 Å². The monoisotopic (exact) mass is 365 g/mol. The molecule has 2 aromatic carbocycles. The summed E-state index contributed by atoms with van der Waals surface area (Å²) in [6.45, 7) is 9.20. The lowest BCUT2D eigenvalue weighted by Crippen LogP contribution is -2.50. The van der Waals surface area contributed by atoms with E-state index in [0.717, 1.165) is 31.9 Å². The Bertz CT molecular complexity index is 839. The number of nitrogens with one attached hydrogen (secondary N) is 1. The number of carbonyl (C=O) groups is 2. The average molecular weight is 365 g/mol. The Morgan fingerprint density at radius 3 is 2.41 bits per heavy atom. The van der Waals surface area contributed by atoms with Gasteiger partial charge < -0.3 is 15.1 Å². The van der Waals surface area contributed by atoms with E-state index < -0.39 is 0 Å². The molecule has 3 rings (SSSR count). The van der Waals surface area contributed by atoms with Crippen molar-refractivity contribution in [1.82, 2.24) is 4.90 Å². The molecule has 1 heterocycles. The lowest BCUT2D eigenvalue weighted by molar-refractivity contribution is -0.129. The van der Waals surface area contributed by atoms with E-state index in [1.165, 1.54) is 16.8 Å². The quantitative estimate of drug-likeness (QED) is 0.827. The van der Waals surface area contributed by atoms with Crippen molar-refractivity contribution < 1.29 is 9.59 Å². The van der Waals surface area contributed by atoms with Gasteiger partial charge in [0.05, 0.1) is 6.54 Å². The third kappa shape index (κ3) is 4.48. The number of amides is 1. The molecule has 0 radical (unpaired) electrons. The number of benzene rings is 2. The molecule has 142 valence electrons. The van der Waals surface area contributed by atoms with Crippen molar-refractivity contribution in [3.63, 3.8) is 0 Å². The van der Waals surface area contributed by atoms with Crippen molar-refractivity contribution in [3.05, 3.63) is 59.2 Å². The summed E-state index contributed by atoms with van der Waals surface area (Å²) < 4.78 is 0. The van der Waals surface area contributed by atoms with Crippen LogP contribution in [0.2, 0.25) is 0 Å². The molecule has 1 amide bonds. The van der Waals surface area contributed by atoms with Gasteiger partial charge in [0.1, 0.15) is 0 Å². The molecule has 0 atom stereocenters. The fourth-order valence-corrected chi connectivity index (χ4v) is 3.41. The third-order valence-corrected chi connectivity index (χ3v) is 5.26. The molecule has 0 unspecified atom stereocenters. The SMILES string of the molecule is CC(=O)c1cccc(NCC(=O)N2CCN(c3cccc(C)c3C)CC2)c1. The maximum atomic E-state index is 12.5. The van der Waals surface area contributed by atoms with Gasteiger partial charge in [0.25, 0.3) is 0 Å². The van der Waals surface area contributed by atoms with Crippen molar-refractivity contribution in [2.45, 2.75) is 20.8 Å². The molecule has 0 aliphatic carbocycles. The van der Waals surface area contributed by atoms with Crippen molar-refractivity contribution in [2.24, 2.45) is 0 Å². The molecular weight excluding hydrogens is 338 g/mol. The number of hydrogen-bond acceptors (Lipinski definition) is 4. The van der Waals surface area contributed by atoms with Crippen LogP contribution < -0.4 is 10.2 Å². The van der Waals surface area contributed by atoms with E-state index in [1.54, 1.807) is 19.1 Å². The first-order chi connectivity index (χ1) is 13.0. The van der Waals surface area contributed by atoms with Crippen molar-refractivity contribution in [3.8, 4) is 0 Å². The largest absolute Gasteiger partial charge is 0.376 e. The zero-order valence-electron chi connectivity index (χ0n) is 16.3. The summed E-state index contributed by atoms with van der Waals surface area (Å²) in [6, 6.07) is 13.6. The molecule has 5 nitrogen and oxygen atoms in total. The minimum absolute atomic E-state index is 0.0209. The summed E-state index contributed by atoms with van der Waals surface area (Å²) in [5.74, 6) is 0.108. The molecule has 1 N–H and O–H groups in total. The van der Waals surface area contributed by atoms with E-state index in [-0.39, 0.29) is 18.2 Å². The minimum Gasteiger partial charge on any atom is -0.376 e. The Morgan fingerprint density at radius 1 is 1.00 bits per heavy atom. The van der Waals surface area contributed by atoms with Crippen LogP contribution in [0, 0.1) is 13.8 Å². The van der Waals surface area contributed by atoms with E-state index in [0.29, 0.717) is 5.56 Å². The van der Waals surface area contributed by atoms with Crippen LogP contribution in [-0.4, -0.2) is 49.3 Å². The number of piperazine rings is 1. The highest BCUT2D eigenvalue weighted by Gasteiger charge is 2.22. The summed E-state index contributed by atoms with van der Waals surface area (Å²) in [4.78, 5) is 28.3. The molecule has 0 spiro atoms. The Labute approximate surface area is 161 Å². The van der Waals surface area contributed by atoms with Gasteiger partial charge in [-0.05, 0) is 50.1 Å². The summed E-state index contributed by atoms with van der Waals surface area (Å²) in [6.07, 6.45) is 0. The molecule has 1 saturated heterocycles. The number of hydrogen-bond donors (Lipinski definition) is 1. The standard InChI is InChI=1S/C22H27N3O2/c1-16-6-4-9-21(17(16)2)24-10-12-25(13-11-24)22(27)15-23-20-8-5-7-19(14-20)18(3)26/h4-9,14,23H,10-13,15H2,1-3H3. The minimum atomic E-state index is 0.0209. The van der Waals surface area contributed by atoms with Gasteiger partial charge in [0.15, 0.2) is 5.78 Å². The topological polar surface area (TPSA) is 52.7 Å². The van der Waals surface area contributed by atoms with Crippen molar-refractivity contribution in [1.29, 1.82) is 0 Å². The van der Waals surface area contributed by atoms with E-state index >= 15 is 0 Å². The van der Waals surface area contributed by atoms with Gasteiger partial charge in [-0.1, -0.05) is 24.3 Å². The van der Waals surface area contributed by atoms with Gasteiger partial charge in [-0.2, -0.15) is 0 Å². The number of Topliss-reactive ketones (excluding diaryl/α,β-unsaturated/α-hetero) is 1. The molecule has 0 aromatic heterocycles. The van der Waals surface area contributed by atoms with Crippen LogP contribution in [0.4, 0.5) is 11.4 Å². The van der Waals surface area contributed by atoms with Gasteiger partial charge >= 0.3 is 0 Å². The second-order valence-electron chi connectivity index (χ2n) is 7.08. The molecule has 1 fully saturated rings. The van der Waals surface area contributed by atoms with Crippen LogP contribution in [0.15, 0.2) is 42.5 Å². The first kappa shape index (κ1) is 19.0. The zero-order valence-corrected chi connectivity index (χ0v) is 16.3. The van der Waals surface area contributed by atoms with Crippen LogP contribution in [-0.2, 0) is 4.79 Å². The number of ketones is 1. The Balaban J connectivity index is 1.53. The third-order valence-electron chi connectivity index (χ3n) is 5.26. The summed E-state index contributed by atoms with van der Waals surface area (Å²) in [5, 5.41) is 3.14. The highest BCUT2D eigenvalue weighted by Crippen LogP contribution is 2.23. The molecule has 1 aliphatic rings. The molecule has 0 bridgehead atoms. The lowest BCUT2D eigenvalue weighted by Gasteiger charge is -2.37. The summed E-state index contributed by atoms with van der Waals surface area (Å²) in [5.41, 5.74) is 5.31. The first-order valence-corrected chi connectivity index (χ1v) is 9.39. The second-order valence-corrected chi connectivity index (χ2v) is 7.08. The number of nitrogens with zero attached hydrogens (tertiary/aromatic N) is 2. The molecular formula is C22H27N3O2. The van der Waals surface area contributed by atoms with Crippen LogP contribution >= 0.6 is 0 Å². The fraction of sp³-hybridized carbons (Fsp3) is 0.364. The molecule has 1 aliphatic heterocycles. The van der Waals surface area contributed by atoms with Crippen LogP contribution in [0.25, 0.3) is 0 Å². The van der Waals surface area contributed by atoms with E-state index in [4.69, 9.17) is 0 Å². The second kappa shape index (κ2) is 8.25. The zero-order chi connectivity index (χ0) is 19.4. The van der Waals surface area contributed by atoms with Crippen molar-refractivity contribution >= 4 is 23.1 Å². The van der Waals surface area contributed by atoms with Gasteiger partial charge in [-0.15, -0.1) is 0 Å². The number of aryl methyl sites for hydroxylation is 1. The highest BCUT2D eigenvalue weighted by atomic mass is 16.2. The lowest BCUT2D eigenvalue weighted by atomic mass is 10.1. The predicted molar refractivity (Wildman–Crippen MR) is 110 cm³/mol. The van der Waals surface area contributed by atoms with Crippen LogP contribution in [0.3, 0.4) is 0 Å². The highest BCUT2D eigenvalue weighted by molar-refractivity contribution is 5.95. The Morgan fingerprint density at radius 2 is 1.70 bits per heavy atom. The molecule has 2 aromatic rings. The Kier molecular flexibility index (Phi) is 5.79. The van der Waals surface area contributed by atoms with Gasteiger partial charge in [0.2, 0.25) is 5.91 Å². The Hall–Kier alpha value is -2.82. The molecule has 0 saturated carbocycles. The van der Waals surface area contributed by atoms with Crippen LogP contribution in [0.1, 0.15) is 28.4 Å². The molecule has 5 heteroatoms. The first-order valence-electron chi connectivity index (χ1n) is 9.39. The van der Waals surface area contributed by atoms with E-state index in [1.807, 2.05) is 17.0 Å². The number of carbonyl (C=O) groups excluding carboxylic acids is 2. The number of rotatable bonds is 5. The van der Waals surface area contributed by atoms with Gasteiger partial charge in [0, 0.05) is 43.1 Å². The predicted octanol–water partition coefficient (Wildman–Crippen LogP) is 3.27.